The second-order valence-electron chi connectivity index (χ2n) is 5.58. The molecule has 1 aromatic rings. The van der Waals surface area contributed by atoms with Crippen molar-refractivity contribution in [3.8, 4) is 0 Å². The van der Waals surface area contributed by atoms with Gasteiger partial charge in [-0.2, -0.15) is 0 Å². The van der Waals surface area contributed by atoms with Crippen LogP contribution in [0, 0.1) is 5.41 Å². The third-order valence-electron chi connectivity index (χ3n) is 4.10. The van der Waals surface area contributed by atoms with E-state index in [1.54, 1.807) is 0 Å². The van der Waals surface area contributed by atoms with Crippen LogP contribution < -0.4 is 5.32 Å². The van der Waals surface area contributed by atoms with Gasteiger partial charge in [-0.05, 0) is 52.4 Å². The van der Waals surface area contributed by atoms with Crippen molar-refractivity contribution in [2.24, 2.45) is 5.41 Å². The van der Waals surface area contributed by atoms with Crippen LogP contribution in [0.5, 0.6) is 0 Å². The van der Waals surface area contributed by atoms with Crippen LogP contribution >= 0.6 is 15.9 Å². The van der Waals surface area contributed by atoms with Crippen molar-refractivity contribution in [2.75, 3.05) is 6.54 Å². The molecule has 1 saturated carbocycles. The van der Waals surface area contributed by atoms with E-state index in [1.807, 2.05) is 18.3 Å². The normalized spacial score (nSPS) is 28.9. The molecule has 18 heavy (non-hydrogen) atoms. The molecule has 2 heterocycles. The van der Waals surface area contributed by atoms with Crippen molar-refractivity contribution < 1.29 is 8.78 Å². The van der Waals surface area contributed by atoms with E-state index in [4.69, 9.17) is 0 Å². The lowest BCUT2D eigenvalue weighted by atomic mass is 9.59. The van der Waals surface area contributed by atoms with E-state index >= 15 is 0 Å². The lowest BCUT2D eigenvalue weighted by Gasteiger charge is -2.52. The molecule has 0 bridgehead atoms. The maximum atomic E-state index is 13.1. The molecule has 1 unspecified atom stereocenters. The molecule has 1 spiro atoms. The third kappa shape index (κ3) is 2.30. The van der Waals surface area contributed by atoms with Gasteiger partial charge in [0.2, 0.25) is 5.92 Å². The Bertz CT molecular complexity index is 439. The molecular weight excluding hydrogens is 302 g/mol. The van der Waals surface area contributed by atoms with Gasteiger partial charge in [0.1, 0.15) is 4.60 Å². The maximum Gasteiger partial charge on any atom is 0.249 e. The standard InChI is InChI=1S/C13H15BrF2N2/c14-11-2-1-9(6-18-11)10-5-12(3-4-17-10)7-13(15,16)8-12/h1-2,6,10,17H,3-5,7-8H2. The summed E-state index contributed by atoms with van der Waals surface area (Å²) in [4.78, 5) is 4.20. The molecule has 1 atom stereocenters. The monoisotopic (exact) mass is 316 g/mol. The second kappa shape index (κ2) is 4.23. The first-order chi connectivity index (χ1) is 8.48. The number of piperidine rings is 1. The Labute approximate surface area is 113 Å². The number of halogens is 3. The van der Waals surface area contributed by atoms with Crippen molar-refractivity contribution in [3.05, 3.63) is 28.5 Å². The van der Waals surface area contributed by atoms with Crippen molar-refractivity contribution >= 4 is 15.9 Å². The molecule has 0 aromatic carbocycles. The second-order valence-corrected chi connectivity index (χ2v) is 6.40. The fourth-order valence-electron chi connectivity index (χ4n) is 3.31. The van der Waals surface area contributed by atoms with E-state index in [-0.39, 0.29) is 24.3 Å². The van der Waals surface area contributed by atoms with Crippen LogP contribution in [0.3, 0.4) is 0 Å². The van der Waals surface area contributed by atoms with Crippen molar-refractivity contribution in [3.63, 3.8) is 0 Å². The summed E-state index contributed by atoms with van der Waals surface area (Å²) >= 11 is 3.30. The molecule has 1 N–H and O–H groups in total. The Morgan fingerprint density at radius 3 is 2.72 bits per heavy atom. The summed E-state index contributed by atoms with van der Waals surface area (Å²) in [7, 11) is 0. The van der Waals surface area contributed by atoms with E-state index < -0.39 is 5.92 Å². The Morgan fingerprint density at radius 2 is 2.11 bits per heavy atom. The van der Waals surface area contributed by atoms with E-state index in [9.17, 15) is 8.78 Å². The number of hydrogen-bond acceptors (Lipinski definition) is 2. The average Bonchev–Trinajstić information content (AvgIpc) is 2.27. The van der Waals surface area contributed by atoms with Crippen molar-refractivity contribution in [1.29, 1.82) is 0 Å². The molecule has 3 rings (SSSR count). The molecule has 1 aliphatic carbocycles. The first kappa shape index (κ1) is 12.5. The molecule has 1 saturated heterocycles. The molecule has 98 valence electrons. The van der Waals surface area contributed by atoms with Gasteiger partial charge in [0.25, 0.3) is 0 Å². The highest BCUT2D eigenvalue weighted by molar-refractivity contribution is 9.10. The molecule has 1 aromatic heterocycles. The molecule has 0 amide bonds. The van der Waals surface area contributed by atoms with Crippen LogP contribution in [0.15, 0.2) is 22.9 Å². The zero-order chi connectivity index (χ0) is 12.8. The third-order valence-corrected chi connectivity index (χ3v) is 4.57. The van der Waals surface area contributed by atoms with Gasteiger partial charge in [0.05, 0.1) is 0 Å². The van der Waals surface area contributed by atoms with Gasteiger partial charge in [-0.1, -0.05) is 6.07 Å². The first-order valence-corrected chi connectivity index (χ1v) is 7.00. The highest BCUT2D eigenvalue weighted by atomic mass is 79.9. The lowest BCUT2D eigenvalue weighted by molar-refractivity contribution is -0.174. The number of rotatable bonds is 1. The van der Waals surface area contributed by atoms with Crippen molar-refractivity contribution in [2.45, 2.75) is 37.6 Å². The summed E-state index contributed by atoms with van der Waals surface area (Å²) in [6.07, 6.45) is 3.59. The van der Waals surface area contributed by atoms with Gasteiger partial charge in [-0.3, -0.25) is 0 Å². The number of pyridine rings is 1. The summed E-state index contributed by atoms with van der Waals surface area (Å²) in [6, 6.07) is 4.06. The van der Waals surface area contributed by atoms with Crippen molar-refractivity contribution in [1.82, 2.24) is 10.3 Å². The largest absolute Gasteiger partial charge is 0.310 e. The number of nitrogens with one attached hydrogen (secondary N) is 1. The van der Waals surface area contributed by atoms with Crippen LogP contribution in [-0.4, -0.2) is 17.5 Å². The summed E-state index contributed by atoms with van der Waals surface area (Å²) in [5.41, 5.74) is 0.944. The Kier molecular flexibility index (Phi) is 2.94. The van der Waals surface area contributed by atoms with Gasteiger partial charge in [0, 0.05) is 25.1 Å². The number of nitrogens with zero attached hydrogens (tertiary/aromatic N) is 1. The Balaban J connectivity index is 1.73. The summed E-state index contributed by atoms with van der Waals surface area (Å²) in [6.45, 7) is 0.816. The number of alkyl halides is 2. The minimum atomic E-state index is -2.43. The summed E-state index contributed by atoms with van der Waals surface area (Å²) < 4.78 is 27.0. The van der Waals surface area contributed by atoms with Crippen LogP contribution in [-0.2, 0) is 0 Å². The average molecular weight is 317 g/mol. The molecule has 2 fully saturated rings. The fraction of sp³-hybridized carbons (Fsp3) is 0.615. The van der Waals surface area contributed by atoms with Crippen LogP contribution in [0.4, 0.5) is 8.78 Å². The molecule has 1 aliphatic heterocycles. The van der Waals surface area contributed by atoms with E-state index in [2.05, 4.69) is 26.2 Å². The summed E-state index contributed by atoms with van der Waals surface area (Å²) in [5, 5.41) is 3.41. The van der Waals surface area contributed by atoms with E-state index in [1.165, 1.54) is 0 Å². The zero-order valence-electron chi connectivity index (χ0n) is 9.93. The highest BCUT2D eigenvalue weighted by Crippen LogP contribution is 2.58. The number of aromatic nitrogens is 1. The Morgan fingerprint density at radius 1 is 1.33 bits per heavy atom. The minimum absolute atomic E-state index is 0.0577. The SMILES string of the molecule is FC1(F)CC2(CCNC(c3ccc(Br)nc3)C2)C1. The lowest BCUT2D eigenvalue weighted by Crippen LogP contribution is -2.52. The van der Waals surface area contributed by atoms with Gasteiger partial charge < -0.3 is 5.32 Å². The Hall–Kier alpha value is -0.550. The quantitative estimate of drug-likeness (QED) is 0.799. The zero-order valence-corrected chi connectivity index (χ0v) is 11.5. The van der Waals surface area contributed by atoms with E-state index in [0.29, 0.717) is 0 Å². The first-order valence-electron chi connectivity index (χ1n) is 6.21. The van der Waals surface area contributed by atoms with Crippen LogP contribution in [0.2, 0.25) is 0 Å². The minimum Gasteiger partial charge on any atom is -0.310 e. The molecule has 2 nitrogen and oxygen atoms in total. The molecule has 5 heteroatoms. The van der Waals surface area contributed by atoms with Gasteiger partial charge in [0.15, 0.2) is 0 Å². The van der Waals surface area contributed by atoms with Gasteiger partial charge in [-0.25, -0.2) is 13.8 Å². The molecule has 2 aliphatic rings. The maximum absolute atomic E-state index is 13.1. The van der Waals surface area contributed by atoms with Crippen LogP contribution in [0.25, 0.3) is 0 Å². The molecular formula is C13H15BrF2N2. The fourth-order valence-corrected chi connectivity index (χ4v) is 3.55. The predicted molar refractivity (Wildman–Crippen MR) is 68.5 cm³/mol. The number of hydrogen-bond donors (Lipinski definition) is 1. The topological polar surface area (TPSA) is 24.9 Å². The predicted octanol–water partition coefficient (Wildman–Crippen LogP) is 3.68. The van der Waals surface area contributed by atoms with Crippen LogP contribution in [0.1, 0.15) is 37.3 Å². The highest BCUT2D eigenvalue weighted by Gasteiger charge is 2.57. The van der Waals surface area contributed by atoms with Gasteiger partial charge in [-0.15, -0.1) is 0 Å². The molecule has 0 radical (unpaired) electrons. The smallest absolute Gasteiger partial charge is 0.249 e. The van der Waals surface area contributed by atoms with Gasteiger partial charge >= 0.3 is 0 Å². The summed E-state index contributed by atoms with van der Waals surface area (Å²) in [5.74, 6) is -2.43. The van der Waals surface area contributed by atoms with E-state index in [0.717, 1.165) is 29.6 Å².